The Morgan fingerprint density at radius 3 is 2.43 bits per heavy atom. The highest BCUT2D eigenvalue weighted by Crippen LogP contribution is 2.28. The van der Waals surface area contributed by atoms with E-state index in [4.69, 9.17) is 17.3 Å². The summed E-state index contributed by atoms with van der Waals surface area (Å²) in [4.78, 5) is 8.76. The highest BCUT2D eigenvalue weighted by Gasteiger charge is 2.20. The van der Waals surface area contributed by atoms with Crippen LogP contribution in [0.15, 0.2) is 30.3 Å². The minimum atomic E-state index is -0.173. The summed E-state index contributed by atoms with van der Waals surface area (Å²) in [5.41, 5.74) is 7.45. The van der Waals surface area contributed by atoms with Gasteiger partial charge in [0.2, 0.25) is 0 Å². The zero-order chi connectivity index (χ0) is 15.5. The van der Waals surface area contributed by atoms with Crippen LogP contribution in [0.1, 0.15) is 32.2 Å². The number of anilines is 2. The highest BCUT2D eigenvalue weighted by atomic mass is 35.5. The van der Waals surface area contributed by atoms with Gasteiger partial charge in [-0.25, -0.2) is 9.97 Å². The molecule has 0 spiro atoms. The topological polar surface area (TPSA) is 63.8 Å². The summed E-state index contributed by atoms with van der Waals surface area (Å²) in [5.74, 6) is 1.29. The number of aromatic nitrogens is 2. The zero-order valence-electron chi connectivity index (χ0n) is 12.7. The number of nitrogens with zero attached hydrogens (tertiary/aromatic N) is 2. The van der Waals surface area contributed by atoms with Gasteiger partial charge in [0.1, 0.15) is 11.5 Å². The van der Waals surface area contributed by atoms with Crippen molar-refractivity contribution in [1.82, 2.24) is 9.97 Å². The molecule has 0 saturated heterocycles. The summed E-state index contributed by atoms with van der Waals surface area (Å²) in [6.07, 6.45) is 0.896. The zero-order valence-corrected chi connectivity index (χ0v) is 13.4. The lowest BCUT2D eigenvalue weighted by Gasteiger charge is -2.19. The molecule has 5 heteroatoms. The van der Waals surface area contributed by atoms with Crippen LogP contribution in [0.3, 0.4) is 0 Å². The molecular formula is C16H21ClN4. The van der Waals surface area contributed by atoms with E-state index in [1.165, 1.54) is 5.56 Å². The lowest BCUT2D eigenvalue weighted by Crippen LogP contribution is -2.19. The van der Waals surface area contributed by atoms with Gasteiger partial charge < -0.3 is 11.1 Å². The van der Waals surface area contributed by atoms with Crippen LogP contribution < -0.4 is 11.1 Å². The first kappa shape index (κ1) is 15.6. The van der Waals surface area contributed by atoms with E-state index in [-0.39, 0.29) is 5.41 Å². The Hall–Kier alpha value is -1.81. The van der Waals surface area contributed by atoms with Crippen molar-refractivity contribution in [3.8, 4) is 0 Å². The fourth-order valence-electron chi connectivity index (χ4n) is 1.88. The van der Waals surface area contributed by atoms with Crippen molar-refractivity contribution in [3.05, 3.63) is 46.9 Å². The van der Waals surface area contributed by atoms with E-state index in [2.05, 4.69) is 27.4 Å². The van der Waals surface area contributed by atoms with Crippen molar-refractivity contribution >= 4 is 23.1 Å². The lowest BCUT2D eigenvalue weighted by molar-refractivity contribution is 0.546. The van der Waals surface area contributed by atoms with Gasteiger partial charge in [0, 0.05) is 12.0 Å². The third-order valence-electron chi connectivity index (χ3n) is 3.12. The molecule has 1 aromatic carbocycles. The molecule has 1 aromatic heterocycles. The quantitative estimate of drug-likeness (QED) is 0.846. The van der Waals surface area contributed by atoms with E-state index in [1.807, 2.05) is 39.0 Å². The van der Waals surface area contributed by atoms with E-state index >= 15 is 0 Å². The summed E-state index contributed by atoms with van der Waals surface area (Å²) < 4.78 is 0. The summed E-state index contributed by atoms with van der Waals surface area (Å²) in [6.45, 7) is 6.87. The normalized spacial score (nSPS) is 11.4. The molecule has 0 aliphatic heterocycles. The van der Waals surface area contributed by atoms with Crippen LogP contribution in [-0.2, 0) is 11.8 Å². The minimum absolute atomic E-state index is 0.173. The number of hydrogen-bond donors (Lipinski definition) is 2. The average Bonchev–Trinajstić information content (AvgIpc) is 2.43. The summed E-state index contributed by atoms with van der Waals surface area (Å²) in [6, 6.07) is 10.3. The maximum absolute atomic E-state index is 6.10. The first-order chi connectivity index (χ1) is 9.88. The van der Waals surface area contributed by atoms with E-state index in [0.717, 1.165) is 13.0 Å². The maximum atomic E-state index is 6.10. The largest absolute Gasteiger partial charge is 0.393 e. The molecule has 112 valence electrons. The molecule has 2 rings (SSSR count). The maximum Gasteiger partial charge on any atom is 0.157 e. The molecule has 1 heterocycles. The summed E-state index contributed by atoms with van der Waals surface area (Å²) in [5, 5.41) is 3.56. The number of nitrogens with two attached hydrogens (primary N) is 1. The van der Waals surface area contributed by atoms with Crippen molar-refractivity contribution < 1.29 is 0 Å². The predicted octanol–water partition coefficient (Wildman–Crippen LogP) is 3.66. The number of benzene rings is 1. The van der Waals surface area contributed by atoms with Crippen LogP contribution in [-0.4, -0.2) is 16.5 Å². The SMILES string of the molecule is CC(C)(C)c1nc(Cl)c(N)c(NCCc2ccccc2)n1. The van der Waals surface area contributed by atoms with E-state index < -0.39 is 0 Å². The molecular weight excluding hydrogens is 284 g/mol. The number of nitrogen functional groups attached to an aromatic ring is 1. The summed E-state index contributed by atoms with van der Waals surface area (Å²) in [7, 11) is 0. The van der Waals surface area contributed by atoms with Gasteiger partial charge >= 0.3 is 0 Å². The Bertz CT molecular complexity index is 606. The third-order valence-corrected chi connectivity index (χ3v) is 3.41. The molecule has 0 atom stereocenters. The minimum Gasteiger partial charge on any atom is -0.393 e. The van der Waals surface area contributed by atoms with Crippen LogP contribution in [0.4, 0.5) is 11.5 Å². The Labute approximate surface area is 130 Å². The first-order valence-corrected chi connectivity index (χ1v) is 7.37. The van der Waals surface area contributed by atoms with Gasteiger partial charge in [-0.2, -0.15) is 0 Å². The molecule has 0 radical (unpaired) electrons. The fourth-order valence-corrected chi connectivity index (χ4v) is 2.05. The van der Waals surface area contributed by atoms with Crippen LogP contribution in [0.2, 0.25) is 5.15 Å². The Kier molecular flexibility index (Phi) is 4.68. The van der Waals surface area contributed by atoms with Gasteiger partial charge in [0.05, 0.1) is 0 Å². The third kappa shape index (κ3) is 4.08. The van der Waals surface area contributed by atoms with Crippen molar-refractivity contribution in [2.24, 2.45) is 0 Å². The average molecular weight is 305 g/mol. The molecule has 0 bridgehead atoms. The van der Waals surface area contributed by atoms with Crippen molar-refractivity contribution in [1.29, 1.82) is 0 Å². The highest BCUT2D eigenvalue weighted by molar-refractivity contribution is 6.32. The van der Waals surface area contributed by atoms with Crippen molar-refractivity contribution in [2.45, 2.75) is 32.6 Å². The molecule has 0 amide bonds. The van der Waals surface area contributed by atoms with Crippen LogP contribution in [0, 0.1) is 0 Å². The Balaban J connectivity index is 2.11. The molecule has 21 heavy (non-hydrogen) atoms. The number of nitrogens with one attached hydrogen (secondary N) is 1. The van der Waals surface area contributed by atoms with Crippen LogP contribution in [0.5, 0.6) is 0 Å². The standard InChI is InChI=1S/C16H21ClN4/c1-16(2,3)15-20-13(17)12(18)14(21-15)19-10-9-11-7-5-4-6-8-11/h4-8H,9-10,18H2,1-3H3,(H,19,20,21). The van der Waals surface area contributed by atoms with Crippen LogP contribution >= 0.6 is 11.6 Å². The van der Waals surface area contributed by atoms with Crippen molar-refractivity contribution in [2.75, 3.05) is 17.6 Å². The van der Waals surface area contributed by atoms with Gasteiger partial charge in [0.15, 0.2) is 11.0 Å². The molecule has 0 fully saturated rings. The predicted molar refractivity (Wildman–Crippen MR) is 88.8 cm³/mol. The number of halogens is 1. The van der Waals surface area contributed by atoms with Crippen molar-refractivity contribution in [3.63, 3.8) is 0 Å². The fraction of sp³-hybridized carbons (Fsp3) is 0.375. The molecule has 0 aliphatic carbocycles. The molecule has 3 N–H and O–H groups in total. The first-order valence-electron chi connectivity index (χ1n) is 6.99. The van der Waals surface area contributed by atoms with Crippen LogP contribution in [0.25, 0.3) is 0 Å². The molecule has 0 saturated carbocycles. The summed E-state index contributed by atoms with van der Waals surface area (Å²) >= 11 is 6.10. The number of rotatable bonds is 4. The van der Waals surface area contributed by atoms with Gasteiger partial charge in [-0.3, -0.25) is 0 Å². The molecule has 2 aromatic rings. The second-order valence-electron chi connectivity index (χ2n) is 6.01. The molecule has 4 nitrogen and oxygen atoms in total. The lowest BCUT2D eigenvalue weighted by atomic mass is 9.96. The van der Waals surface area contributed by atoms with E-state index in [9.17, 15) is 0 Å². The van der Waals surface area contributed by atoms with E-state index in [0.29, 0.717) is 22.5 Å². The molecule has 0 aliphatic rings. The second kappa shape index (κ2) is 6.31. The Morgan fingerprint density at radius 1 is 1.14 bits per heavy atom. The van der Waals surface area contributed by atoms with Gasteiger partial charge in [0.25, 0.3) is 0 Å². The van der Waals surface area contributed by atoms with E-state index in [1.54, 1.807) is 0 Å². The molecule has 0 unspecified atom stereocenters. The smallest absolute Gasteiger partial charge is 0.157 e. The number of hydrogen-bond acceptors (Lipinski definition) is 4. The van der Waals surface area contributed by atoms with Gasteiger partial charge in [-0.05, 0) is 12.0 Å². The second-order valence-corrected chi connectivity index (χ2v) is 6.37. The Morgan fingerprint density at radius 2 is 1.81 bits per heavy atom. The van der Waals surface area contributed by atoms with Gasteiger partial charge in [-0.1, -0.05) is 62.7 Å². The van der Waals surface area contributed by atoms with Gasteiger partial charge in [-0.15, -0.1) is 0 Å². The monoisotopic (exact) mass is 304 g/mol.